The lowest BCUT2D eigenvalue weighted by Crippen LogP contribution is -2.45. The molecule has 23 heavy (non-hydrogen) atoms. The summed E-state index contributed by atoms with van der Waals surface area (Å²) in [6.45, 7) is 1.79. The second-order valence-corrected chi connectivity index (χ2v) is 5.98. The quantitative estimate of drug-likeness (QED) is 0.907. The number of fused-ring (bicyclic) bond motifs is 1. The molecule has 1 aromatic carbocycles. The maximum atomic E-state index is 13.3. The lowest BCUT2D eigenvalue weighted by molar-refractivity contribution is -0.122. The summed E-state index contributed by atoms with van der Waals surface area (Å²) >= 11 is 0. The Morgan fingerprint density at radius 3 is 2.87 bits per heavy atom. The summed E-state index contributed by atoms with van der Waals surface area (Å²) in [7, 11) is 2.05. The number of likely N-dealkylation sites (tertiary alicyclic amines) is 1. The van der Waals surface area contributed by atoms with Gasteiger partial charge in [-0.25, -0.2) is 9.37 Å². The van der Waals surface area contributed by atoms with E-state index >= 15 is 0 Å². The van der Waals surface area contributed by atoms with E-state index in [0.29, 0.717) is 5.52 Å². The van der Waals surface area contributed by atoms with Crippen LogP contribution in [0.25, 0.3) is 10.9 Å². The first-order valence-corrected chi connectivity index (χ1v) is 7.65. The number of carbonyl (C=O) groups is 1. The number of nitrogens with one attached hydrogen (secondary N) is 1. The van der Waals surface area contributed by atoms with Gasteiger partial charge in [0.1, 0.15) is 12.4 Å². The lowest BCUT2D eigenvalue weighted by atomic mass is 10.1. The van der Waals surface area contributed by atoms with Crippen LogP contribution < -0.4 is 10.9 Å². The van der Waals surface area contributed by atoms with Gasteiger partial charge in [0.15, 0.2) is 0 Å². The number of nitrogens with zero attached hydrogens (tertiary/aromatic N) is 3. The predicted octanol–water partition coefficient (Wildman–Crippen LogP) is 0.746. The summed E-state index contributed by atoms with van der Waals surface area (Å²) in [6, 6.07) is 4.00. The van der Waals surface area contributed by atoms with Crippen molar-refractivity contribution >= 4 is 16.8 Å². The molecule has 0 atom stereocenters. The summed E-state index contributed by atoms with van der Waals surface area (Å²) < 4.78 is 14.5. The van der Waals surface area contributed by atoms with Gasteiger partial charge in [-0.3, -0.25) is 14.2 Å². The molecular formula is C16H19FN4O2. The molecule has 1 N–H and O–H groups in total. The van der Waals surface area contributed by atoms with E-state index in [2.05, 4.69) is 22.2 Å². The van der Waals surface area contributed by atoms with Gasteiger partial charge in [-0.05, 0) is 51.2 Å². The van der Waals surface area contributed by atoms with Crippen LogP contribution in [0.4, 0.5) is 4.39 Å². The molecule has 0 radical (unpaired) electrons. The topological polar surface area (TPSA) is 67.2 Å². The largest absolute Gasteiger partial charge is 0.352 e. The molecule has 6 nitrogen and oxygen atoms in total. The zero-order valence-electron chi connectivity index (χ0n) is 13.0. The molecule has 1 amide bonds. The number of piperidine rings is 1. The molecule has 1 saturated heterocycles. The standard InChI is InChI=1S/C16H19FN4O2/c1-20-6-4-12(5-7-20)19-15(22)9-21-10-18-14-3-2-11(17)8-13(14)16(21)23/h2-3,8,10,12H,4-7,9H2,1H3,(H,19,22). The van der Waals surface area contributed by atoms with Gasteiger partial charge in [-0.2, -0.15) is 0 Å². The van der Waals surface area contributed by atoms with Crippen LogP contribution in [0.15, 0.2) is 29.3 Å². The summed E-state index contributed by atoms with van der Waals surface area (Å²) in [6.07, 6.45) is 3.13. The molecular weight excluding hydrogens is 299 g/mol. The van der Waals surface area contributed by atoms with Crippen molar-refractivity contribution < 1.29 is 9.18 Å². The molecule has 3 rings (SSSR count). The molecule has 1 fully saturated rings. The monoisotopic (exact) mass is 318 g/mol. The first-order chi connectivity index (χ1) is 11.0. The third-order valence-corrected chi connectivity index (χ3v) is 4.18. The van der Waals surface area contributed by atoms with Gasteiger partial charge in [0.05, 0.1) is 17.2 Å². The number of hydrogen-bond acceptors (Lipinski definition) is 4. The van der Waals surface area contributed by atoms with Crippen molar-refractivity contribution in [2.45, 2.75) is 25.4 Å². The molecule has 1 aliphatic heterocycles. The molecule has 1 aromatic heterocycles. The van der Waals surface area contributed by atoms with E-state index in [-0.39, 0.29) is 23.9 Å². The SMILES string of the molecule is CN1CCC(NC(=O)Cn2cnc3ccc(F)cc3c2=O)CC1. The van der Waals surface area contributed by atoms with Crippen molar-refractivity contribution in [1.82, 2.24) is 19.8 Å². The Labute approximate surface area is 132 Å². The summed E-state index contributed by atoms with van der Waals surface area (Å²) in [5, 5.41) is 3.13. The van der Waals surface area contributed by atoms with Crippen LogP contribution in [0.3, 0.4) is 0 Å². The highest BCUT2D eigenvalue weighted by Gasteiger charge is 2.18. The first-order valence-electron chi connectivity index (χ1n) is 7.65. The van der Waals surface area contributed by atoms with Crippen LogP contribution in [0.1, 0.15) is 12.8 Å². The fourth-order valence-electron chi connectivity index (χ4n) is 2.82. The van der Waals surface area contributed by atoms with E-state index in [1.807, 2.05) is 0 Å². The van der Waals surface area contributed by atoms with Gasteiger partial charge in [-0.1, -0.05) is 0 Å². The molecule has 0 aliphatic carbocycles. The van der Waals surface area contributed by atoms with Crippen molar-refractivity contribution in [1.29, 1.82) is 0 Å². The highest BCUT2D eigenvalue weighted by Crippen LogP contribution is 2.09. The molecule has 122 valence electrons. The zero-order valence-corrected chi connectivity index (χ0v) is 13.0. The molecule has 0 bridgehead atoms. The summed E-state index contributed by atoms with van der Waals surface area (Å²) in [4.78, 5) is 30.8. The molecule has 1 aliphatic rings. The van der Waals surface area contributed by atoms with Crippen LogP contribution in [-0.2, 0) is 11.3 Å². The van der Waals surface area contributed by atoms with Gasteiger partial charge in [0, 0.05) is 6.04 Å². The third-order valence-electron chi connectivity index (χ3n) is 4.18. The molecule has 2 heterocycles. The van der Waals surface area contributed by atoms with Gasteiger partial charge < -0.3 is 10.2 Å². The lowest BCUT2D eigenvalue weighted by Gasteiger charge is -2.29. The minimum atomic E-state index is -0.495. The van der Waals surface area contributed by atoms with Crippen molar-refractivity contribution in [2.24, 2.45) is 0 Å². The van der Waals surface area contributed by atoms with Crippen LogP contribution in [0, 0.1) is 5.82 Å². The van der Waals surface area contributed by atoms with Crippen molar-refractivity contribution in [3.05, 3.63) is 40.7 Å². The number of benzene rings is 1. The number of carbonyl (C=O) groups excluding carboxylic acids is 1. The zero-order chi connectivity index (χ0) is 16.4. The Bertz CT molecular complexity index is 781. The number of aromatic nitrogens is 2. The summed E-state index contributed by atoms with van der Waals surface area (Å²) in [5.74, 6) is -0.718. The van der Waals surface area contributed by atoms with E-state index in [4.69, 9.17) is 0 Å². The summed E-state index contributed by atoms with van der Waals surface area (Å²) in [5.41, 5.74) is 0.0106. The average molecular weight is 318 g/mol. The smallest absolute Gasteiger partial charge is 0.261 e. The Morgan fingerprint density at radius 2 is 2.13 bits per heavy atom. The van der Waals surface area contributed by atoms with E-state index in [1.165, 1.54) is 23.0 Å². The second kappa shape index (κ2) is 6.45. The maximum absolute atomic E-state index is 13.3. The van der Waals surface area contributed by atoms with E-state index in [1.54, 1.807) is 0 Å². The Kier molecular flexibility index (Phi) is 4.38. The number of amides is 1. The van der Waals surface area contributed by atoms with Crippen LogP contribution in [0.5, 0.6) is 0 Å². The average Bonchev–Trinajstić information content (AvgIpc) is 2.53. The van der Waals surface area contributed by atoms with Crippen LogP contribution in [0.2, 0.25) is 0 Å². The molecule has 0 saturated carbocycles. The highest BCUT2D eigenvalue weighted by molar-refractivity contribution is 5.79. The Balaban J connectivity index is 1.72. The number of rotatable bonds is 3. The fourth-order valence-corrected chi connectivity index (χ4v) is 2.82. The van der Waals surface area contributed by atoms with Crippen molar-refractivity contribution in [3.63, 3.8) is 0 Å². The number of hydrogen-bond donors (Lipinski definition) is 1. The van der Waals surface area contributed by atoms with E-state index in [9.17, 15) is 14.0 Å². The maximum Gasteiger partial charge on any atom is 0.261 e. The van der Waals surface area contributed by atoms with E-state index in [0.717, 1.165) is 32.0 Å². The fraction of sp³-hybridized carbons (Fsp3) is 0.438. The van der Waals surface area contributed by atoms with Gasteiger partial charge >= 0.3 is 0 Å². The van der Waals surface area contributed by atoms with E-state index < -0.39 is 11.4 Å². The van der Waals surface area contributed by atoms with Crippen molar-refractivity contribution in [3.8, 4) is 0 Å². The molecule has 0 unspecified atom stereocenters. The molecule has 7 heteroatoms. The third kappa shape index (κ3) is 3.56. The van der Waals surface area contributed by atoms with Crippen LogP contribution >= 0.6 is 0 Å². The highest BCUT2D eigenvalue weighted by atomic mass is 19.1. The molecule has 2 aromatic rings. The number of halogens is 1. The van der Waals surface area contributed by atoms with Crippen molar-refractivity contribution in [2.75, 3.05) is 20.1 Å². The first kappa shape index (κ1) is 15.6. The predicted molar refractivity (Wildman–Crippen MR) is 84.6 cm³/mol. The van der Waals surface area contributed by atoms with Crippen LogP contribution in [-0.4, -0.2) is 46.5 Å². The Morgan fingerprint density at radius 1 is 1.39 bits per heavy atom. The van der Waals surface area contributed by atoms with Gasteiger partial charge in [-0.15, -0.1) is 0 Å². The molecule has 0 spiro atoms. The Hall–Kier alpha value is -2.28. The van der Waals surface area contributed by atoms with Gasteiger partial charge in [0.25, 0.3) is 5.56 Å². The van der Waals surface area contributed by atoms with Gasteiger partial charge in [0.2, 0.25) is 5.91 Å². The normalized spacial score (nSPS) is 16.6. The second-order valence-electron chi connectivity index (χ2n) is 5.98. The minimum absolute atomic E-state index is 0.107. The minimum Gasteiger partial charge on any atom is -0.352 e.